The highest BCUT2D eigenvalue weighted by Gasteiger charge is 2.23. The summed E-state index contributed by atoms with van der Waals surface area (Å²) in [6.45, 7) is 3.72. The maximum Gasteiger partial charge on any atom is 0.273 e. The lowest BCUT2D eigenvalue weighted by Gasteiger charge is -2.07. The van der Waals surface area contributed by atoms with E-state index in [1.807, 2.05) is 95.7 Å². The number of nitrogens with zero attached hydrogens (tertiary/aromatic N) is 4. The van der Waals surface area contributed by atoms with Gasteiger partial charge < -0.3 is 10.2 Å². The molecule has 10 heteroatoms. The van der Waals surface area contributed by atoms with E-state index in [-0.39, 0.29) is 11.1 Å². The Morgan fingerprint density at radius 3 is 1.37 bits per heavy atom. The highest BCUT2D eigenvalue weighted by molar-refractivity contribution is 5.86. The van der Waals surface area contributed by atoms with Gasteiger partial charge in [-0.2, -0.15) is 0 Å². The van der Waals surface area contributed by atoms with Crippen LogP contribution >= 0.6 is 0 Å². The third-order valence-corrected chi connectivity index (χ3v) is 6.90. The molecule has 7 aromatic rings. The molecule has 6 heterocycles. The van der Waals surface area contributed by atoms with Crippen LogP contribution in [0.25, 0.3) is 56.3 Å². The second-order valence-electron chi connectivity index (χ2n) is 9.21. The van der Waals surface area contributed by atoms with Crippen LogP contribution in [0.3, 0.4) is 0 Å². The van der Waals surface area contributed by atoms with E-state index in [9.17, 15) is 9.59 Å². The van der Waals surface area contributed by atoms with Gasteiger partial charge in [0.15, 0.2) is 0 Å². The van der Waals surface area contributed by atoms with Crippen molar-refractivity contribution in [3.05, 3.63) is 105 Å². The lowest BCUT2D eigenvalue weighted by Crippen LogP contribution is -2.05. The van der Waals surface area contributed by atoms with Crippen molar-refractivity contribution in [2.45, 2.75) is 13.8 Å². The fourth-order valence-electron chi connectivity index (χ4n) is 5.12. The summed E-state index contributed by atoms with van der Waals surface area (Å²) in [6, 6.07) is 19.4. The number of hydrogen-bond donors (Lipinski definition) is 4. The summed E-state index contributed by atoms with van der Waals surface area (Å²) in [5.74, 6) is 0. The minimum atomic E-state index is -0.201. The smallest absolute Gasteiger partial charge is 0.273 e. The highest BCUT2D eigenvalue weighted by Crippen LogP contribution is 2.36. The molecule has 0 amide bonds. The molecule has 0 atom stereocenters. The van der Waals surface area contributed by atoms with E-state index in [0.29, 0.717) is 22.5 Å². The van der Waals surface area contributed by atoms with E-state index in [1.54, 1.807) is 0 Å². The summed E-state index contributed by atoms with van der Waals surface area (Å²) < 4.78 is 3.85. The standard InChI is InChI=1S/C28H22N8O2/c1-15-21(27(37)33-31-15)25-23(29-19-7-3-5-13-35(19)25)17-9-11-18(12-10-17)24-26(22-16(2)32-34-28(22)38)36-14-6-4-8-20(36)30-24/h3-14H,1-2H3,(H2,31,33,37)(H2,32,34,38). The molecule has 4 N–H and O–H groups in total. The van der Waals surface area contributed by atoms with Crippen LogP contribution in [0.1, 0.15) is 11.4 Å². The van der Waals surface area contributed by atoms with E-state index in [2.05, 4.69) is 20.4 Å². The molecule has 0 aliphatic carbocycles. The maximum absolute atomic E-state index is 12.7. The van der Waals surface area contributed by atoms with Gasteiger partial charge in [-0.05, 0) is 38.1 Å². The van der Waals surface area contributed by atoms with Crippen molar-refractivity contribution < 1.29 is 0 Å². The van der Waals surface area contributed by atoms with Gasteiger partial charge in [-0.3, -0.25) is 28.6 Å². The molecule has 0 saturated heterocycles. The first-order chi connectivity index (χ1) is 18.5. The number of rotatable bonds is 4. The summed E-state index contributed by atoms with van der Waals surface area (Å²) >= 11 is 0. The number of nitrogens with one attached hydrogen (secondary N) is 4. The predicted molar refractivity (Wildman–Crippen MR) is 145 cm³/mol. The lowest BCUT2D eigenvalue weighted by atomic mass is 10.0. The van der Waals surface area contributed by atoms with Crippen LogP contribution in [0.4, 0.5) is 0 Å². The number of aryl methyl sites for hydroxylation is 2. The molecule has 0 unspecified atom stereocenters. The van der Waals surface area contributed by atoms with Crippen LogP contribution in [-0.4, -0.2) is 39.2 Å². The summed E-state index contributed by atoms with van der Waals surface area (Å²) in [4.78, 5) is 35.2. The van der Waals surface area contributed by atoms with Gasteiger partial charge in [0.1, 0.15) is 11.3 Å². The maximum atomic E-state index is 12.7. The van der Waals surface area contributed by atoms with E-state index in [1.165, 1.54) is 0 Å². The third kappa shape index (κ3) is 3.13. The number of hydrogen-bond acceptors (Lipinski definition) is 4. The van der Waals surface area contributed by atoms with Gasteiger partial charge in [-0.15, -0.1) is 0 Å². The van der Waals surface area contributed by atoms with Crippen molar-refractivity contribution in [3.63, 3.8) is 0 Å². The SMILES string of the molecule is Cc1[nH][nH]c(=O)c1-c1c(-c2ccc(-c3nc4ccccn4c3-c3c(C)[nH][nH]c3=O)cc2)nc2ccccn12. The van der Waals surface area contributed by atoms with Gasteiger partial charge in [-0.1, -0.05) is 36.4 Å². The molecule has 0 saturated carbocycles. The third-order valence-electron chi connectivity index (χ3n) is 6.90. The Bertz CT molecular complexity index is 1950. The van der Waals surface area contributed by atoms with Crippen LogP contribution < -0.4 is 11.1 Å². The summed E-state index contributed by atoms with van der Waals surface area (Å²) in [5.41, 5.74) is 8.19. The fraction of sp³-hybridized carbons (Fsp3) is 0.0714. The largest absolute Gasteiger partial charge is 0.302 e. The average Bonchev–Trinajstić information content (AvgIpc) is 3.67. The first-order valence-corrected chi connectivity index (χ1v) is 12.1. The number of fused-ring (bicyclic) bond motifs is 2. The number of benzene rings is 1. The zero-order chi connectivity index (χ0) is 26.0. The molecular weight excluding hydrogens is 480 g/mol. The van der Waals surface area contributed by atoms with Crippen molar-refractivity contribution in [1.29, 1.82) is 0 Å². The van der Waals surface area contributed by atoms with E-state index >= 15 is 0 Å². The second-order valence-corrected chi connectivity index (χ2v) is 9.21. The van der Waals surface area contributed by atoms with Crippen LogP contribution in [0.5, 0.6) is 0 Å². The van der Waals surface area contributed by atoms with Crippen molar-refractivity contribution in [1.82, 2.24) is 39.2 Å². The first kappa shape index (κ1) is 21.9. The number of pyridine rings is 2. The molecule has 7 rings (SSSR count). The van der Waals surface area contributed by atoms with Crippen molar-refractivity contribution in [2.24, 2.45) is 0 Å². The number of aromatic amines is 4. The van der Waals surface area contributed by atoms with Gasteiger partial charge in [0.05, 0.1) is 33.9 Å². The second kappa shape index (κ2) is 8.07. The predicted octanol–water partition coefficient (Wildman–Crippen LogP) is 4.30. The molecular formula is C28H22N8O2. The highest BCUT2D eigenvalue weighted by atomic mass is 16.1. The van der Waals surface area contributed by atoms with Crippen molar-refractivity contribution in [2.75, 3.05) is 0 Å². The van der Waals surface area contributed by atoms with Gasteiger partial charge in [-0.25, -0.2) is 9.97 Å². The zero-order valence-corrected chi connectivity index (χ0v) is 20.5. The summed E-state index contributed by atoms with van der Waals surface area (Å²) in [6.07, 6.45) is 3.81. The Morgan fingerprint density at radius 1 is 0.579 bits per heavy atom. The minimum absolute atomic E-state index is 0.201. The van der Waals surface area contributed by atoms with E-state index in [0.717, 1.165) is 45.2 Å². The van der Waals surface area contributed by atoms with Crippen LogP contribution in [0, 0.1) is 13.8 Å². The number of H-pyrrole nitrogens is 4. The molecule has 38 heavy (non-hydrogen) atoms. The lowest BCUT2D eigenvalue weighted by molar-refractivity contribution is 1.02. The average molecular weight is 503 g/mol. The zero-order valence-electron chi connectivity index (χ0n) is 20.5. The molecule has 0 aliphatic heterocycles. The molecule has 186 valence electrons. The minimum Gasteiger partial charge on any atom is -0.302 e. The van der Waals surface area contributed by atoms with Gasteiger partial charge in [0, 0.05) is 34.9 Å². The summed E-state index contributed by atoms with van der Waals surface area (Å²) in [7, 11) is 0. The van der Waals surface area contributed by atoms with Crippen LogP contribution in [0.2, 0.25) is 0 Å². The van der Waals surface area contributed by atoms with Crippen LogP contribution in [-0.2, 0) is 0 Å². The van der Waals surface area contributed by atoms with Gasteiger partial charge in [0.25, 0.3) is 11.1 Å². The quantitative estimate of drug-likeness (QED) is 0.286. The molecule has 0 spiro atoms. The Kier molecular flexibility index (Phi) is 4.64. The van der Waals surface area contributed by atoms with E-state index < -0.39 is 0 Å². The Labute approximate surface area is 214 Å². The molecule has 0 bridgehead atoms. The van der Waals surface area contributed by atoms with Crippen molar-refractivity contribution in [3.8, 4) is 45.0 Å². The molecule has 6 aromatic heterocycles. The van der Waals surface area contributed by atoms with Crippen molar-refractivity contribution >= 4 is 11.3 Å². The fourth-order valence-corrected chi connectivity index (χ4v) is 5.12. The number of imidazole rings is 2. The Balaban J connectivity index is 1.42. The van der Waals surface area contributed by atoms with Gasteiger partial charge >= 0.3 is 0 Å². The molecule has 1 aromatic carbocycles. The van der Waals surface area contributed by atoms with Gasteiger partial charge in [0.2, 0.25) is 0 Å². The molecule has 0 fully saturated rings. The monoisotopic (exact) mass is 502 g/mol. The molecule has 0 aliphatic rings. The molecule has 10 nitrogen and oxygen atoms in total. The topological polar surface area (TPSA) is 132 Å². The van der Waals surface area contributed by atoms with E-state index in [4.69, 9.17) is 9.97 Å². The van der Waals surface area contributed by atoms with Crippen LogP contribution in [0.15, 0.2) is 82.6 Å². The summed E-state index contributed by atoms with van der Waals surface area (Å²) in [5, 5.41) is 11.2. The molecule has 0 radical (unpaired) electrons. The Morgan fingerprint density at radius 2 is 1.00 bits per heavy atom. The normalized spacial score (nSPS) is 11.6. The first-order valence-electron chi connectivity index (χ1n) is 12.1. The Hall–Kier alpha value is -5.38. The number of aromatic nitrogens is 8.